The van der Waals surface area contributed by atoms with Gasteiger partial charge in [0.15, 0.2) is 0 Å². The van der Waals surface area contributed by atoms with Crippen molar-refractivity contribution < 1.29 is 19.1 Å². The number of nitrogens with zero attached hydrogens (tertiary/aromatic N) is 2. The molecular weight excluding hydrogens is 364 g/mol. The molecule has 27 heavy (non-hydrogen) atoms. The lowest BCUT2D eigenvalue weighted by Gasteiger charge is -2.42. The highest BCUT2D eigenvalue weighted by Gasteiger charge is 2.43. The summed E-state index contributed by atoms with van der Waals surface area (Å²) in [6.45, 7) is 1.19. The monoisotopic (exact) mass is 382 g/mol. The number of likely N-dealkylation sites (tertiary alicyclic amines) is 1. The van der Waals surface area contributed by atoms with Gasteiger partial charge in [0, 0.05) is 18.7 Å². The van der Waals surface area contributed by atoms with Crippen LogP contribution in [0.15, 0.2) is 54.6 Å². The average molecular weight is 382 g/mol. The normalized spacial score (nSPS) is 17.2. The van der Waals surface area contributed by atoms with Crippen LogP contribution in [0, 0.1) is 0 Å². The molecule has 2 heterocycles. The highest BCUT2D eigenvalue weighted by atomic mass is 32.2. The van der Waals surface area contributed by atoms with Crippen molar-refractivity contribution in [2.24, 2.45) is 0 Å². The Hall–Kier alpha value is -2.80. The van der Waals surface area contributed by atoms with Gasteiger partial charge in [-0.1, -0.05) is 48.2 Å². The summed E-state index contributed by atoms with van der Waals surface area (Å²) >= 11 is 1.02. The summed E-state index contributed by atoms with van der Waals surface area (Å²) in [6.07, 6.45) is 0. The molecule has 3 amide bonds. The molecular formula is C20H18N2O4S. The van der Waals surface area contributed by atoms with Gasteiger partial charge in [0.25, 0.3) is 11.1 Å². The summed E-state index contributed by atoms with van der Waals surface area (Å²) < 4.78 is 5.77. The summed E-state index contributed by atoms with van der Waals surface area (Å²) in [5.41, 5.74) is 1.59. The summed E-state index contributed by atoms with van der Waals surface area (Å²) in [4.78, 5) is 39.1. The van der Waals surface area contributed by atoms with Crippen LogP contribution in [0.4, 0.5) is 4.79 Å². The van der Waals surface area contributed by atoms with Crippen molar-refractivity contribution in [3.05, 3.63) is 65.7 Å². The standard InChI is InChI=1S/C20H18N2O4S/c23-18-13-27-20(25)22(18)16-10-21(11-16)19(24)15-7-4-8-17(9-15)26-12-14-5-2-1-3-6-14/h1-9,16H,10-13H2. The third kappa shape index (κ3) is 3.68. The van der Waals surface area contributed by atoms with Crippen LogP contribution in [-0.4, -0.2) is 51.7 Å². The number of benzene rings is 2. The second-order valence-corrected chi connectivity index (χ2v) is 7.41. The van der Waals surface area contributed by atoms with Gasteiger partial charge in [0.1, 0.15) is 12.4 Å². The molecule has 0 atom stereocenters. The van der Waals surface area contributed by atoms with Gasteiger partial charge >= 0.3 is 0 Å². The van der Waals surface area contributed by atoms with Crippen molar-refractivity contribution in [1.29, 1.82) is 0 Å². The van der Waals surface area contributed by atoms with Crippen molar-refractivity contribution >= 4 is 28.8 Å². The van der Waals surface area contributed by atoms with Crippen LogP contribution >= 0.6 is 11.8 Å². The first-order chi connectivity index (χ1) is 13.1. The maximum atomic E-state index is 12.7. The number of ether oxygens (including phenoxy) is 1. The Morgan fingerprint density at radius 3 is 2.56 bits per heavy atom. The van der Waals surface area contributed by atoms with Gasteiger partial charge in [-0.15, -0.1) is 0 Å². The largest absolute Gasteiger partial charge is 0.489 e. The fraction of sp³-hybridized carbons (Fsp3) is 0.250. The first kappa shape index (κ1) is 17.6. The Kier molecular flexibility index (Phi) is 4.85. The lowest BCUT2D eigenvalue weighted by atomic mass is 10.0. The minimum Gasteiger partial charge on any atom is -0.489 e. The van der Waals surface area contributed by atoms with E-state index < -0.39 is 0 Å². The Labute approximate surface area is 161 Å². The predicted octanol–water partition coefficient (Wildman–Crippen LogP) is 2.79. The number of hydrogen-bond donors (Lipinski definition) is 0. The zero-order valence-electron chi connectivity index (χ0n) is 14.5. The summed E-state index contributed by atoms with van der Waals surface area (Å²) in [5, 5.41) is -0.214. The van der Waals surface area contributed by atoms with E-state index >= 15 is 0 Å². The van der Waals surface area contributed by atoms with Crippen molar-refractivity contribution in [2.75, 3.05) is 18.8 Å². The number of hydrogen-bond acceptors (Lipinski definition) is 5. The van der Waals surface area contributed by atoms with E-state index in [0.29, 0.717) is 31.0 Å². The molecule has 2 aliphatic rings. The third-order valence-corrected chi connectivity index (χ3v) is 5.46. The number of imide groups is 1. The van der Waals surface area contributed by atoms with Gasteiger partial charge in [0.05, 0.1) is 11.8 Å². The molecule has 2 saturated heterocycles. The Morgan fingerprint density at radius 2 is 1.85 bits per heavy atom. The number of thioether (sulfide) groups is 1. The molecule has 138 valence electrons. The van der Waals surface area contributed by atoms with E-state index in [4.69, 9.17) is 4.74 Å². The van der Waals surface area contributed by atoms with Crippen molar-refractivity contribution in [3.8, 4) is 5.75 Å². The molecule has 0 aliphatic carbocycles. The molecule has 7 heteroatoms. The van der Waals surface area contributed by atoms with Crippen LogP contribution in [-0.2, 0) is 11.4 Å². The number of rotatable bonds is 5. The second-order valence-electron chi connectivity index (χ2n) is 6.48. The van der Waals surface area contributed by atoms with Gasteiger partial charge in [-0.05, 0) is 23.8 Å². The fourth-order valence-corrected chi connectivity index (χ4v) is 3.92. The first-order valence-corrected chi connectivity index (χ1v) is 9.65. The van der Waals surface area contributed by atoms with Gasteiger partial charge in [-0.3, -0.25) is 19.3 Å². The van der Waals surface area contributed by atoms with Crippen LogP contribution in [0.2, 0.25) is 0 Å². The maximum Gasteiger partial charge on any atom is 0.289 e. The number of carbonyl (C=O) groups excluding carboxylic acids is 3. The lowest BCUT2D eigenvalue weighted by Crippen LogP contribution is -2.62. The lowest BCUT2D eigenvalue weighted by molar-refractivity contribution is -0.128. The molecule has 0 radical (unpaired) electrons. The minimum atomic E-state index is -0.214. The van der Waals surface area contributed by atoms with Crippen molar-refractivity contribution in [1.82, 2.24) is 9.80 Å². The topological polar surface area (TPSA) is 66.9 Å². The molecule has 2 fully saturated rings. The maximum absolute atomic E-state index is 12.7. The Morgan fingerprint density at radius 1 is 1.07 bits per heavy atom. The van der Waals surface area contributed by atoms with E-state index in [1.54, 1.807) is 23.1 Å². The molecule has 2 aromatic rings. The first-order valence-electron chi connectivity index (χ1n) is 8.67. The summed E-state index contributed by atoms with van der Waals surface area (Å²) in [7, 11) is 0. The van der Waals surface area contributed by atoms with E-state index in [0.717, 1.165) is 17.3 Å². The van der Waals surface area contributed by atoms with Gasteiger partial charge in [0.2, 0.25) is 5.91 Å². The van der Waals surface area contributed by atoms with Gasteiger partial charge in [-0.2, -0.15) is 0 Å². The fourth-order valence-electron chi connectivity index (χ4n) is 3.14. The highest BCUT2D eigenvalue weighted by molar-refractivity contribution is 8.14. The minimum absolute atomic E-state index is 0.122. The van der Waals surface area contributed by atoms with Crippen LogP contribution in [0.5, 0.6) is 5.75 Å². The van der Waals surface area contributed by atoms with Crippen LogP contribution in [0.25, 0.3) is 0 Å². The smallest absolute Gasteiger partial charge is 0.289 e. The molecule has 0 spiro atoms. The molecule has 0 bridgehead atoms. The van der Waals surface area contributed by atoms with Crippen LogP contribution in [0.1, 0.15) is 15.9 Å². The SMILES string of the molecule is O=C(c1cccc(OCc2ccccc2)c1)N1CC(N2C(=O)CSC2=O)C1. The van der Waals surface area contributed by atoms with Crippen LogP contribution < -0.4 is 4.74 Å². The van der Waals surface area contributed by atoms with E-state index in [1.165, 1.54) is 4.90 Å². The zero-order chi connectivity index (χ0) is 18.8. The molecule has 6 nitrogen and oxygen atoms in total. The molecule has 0 unspecified atom stereocenters. The number of carbonyl (C=O) groups is 3. The average Bonchev–Trinajstić information content (AvgIpc) is 2.99. The number of amides is 3. The molecule has 0 aromatic heterocycles. The van der Waals surface area contributed by atoms with Crippen molar-refractivity contribution in [2.45, 2.75) is 12.6 Å². The quantitative estimate of drug-likeness (QED) is 0.796. The van der Waals surface area contributed by atoms with Gasteiger partial charge in [-0.25, -0.2) is 0 Å². The molecule has 0 N–H and O–H groups in total. The van der Waals surface area contributed by atoms with E-state index in [9.17, 15) is 14.4 Å². The Balaban J connectivity index is 1.36. The van der Waals surface area contributed by atoms with Gasteiger partial charge < -0.3 is 9.64 Å². The van der Waals surface area contributed by atoms with E-state index in [-0.39, 0.29) is 28.8 Å². The predicted molar refractivity (Wildman–Crippen MR) is 102 cm³/mol. The van der Waals surface area contributed by atoms with Crippen LogP contribution in [0.3, 0.4) is 0 Å². The third-order valence-electron chi connectivity index (χ3n) is 4.63. The van der Waals surface area contributed by atoms with Crippen molar-refractivity contribution in [3.63, 3.8) is 0 Å². The molecule has 2 aromatic carbocycles. The molecule has 4 rings (SSSR count). The molecule has 2 aliphatic heterocycles. The Bertz CT molecular complexity index is 865. The second kappa shape index (κ2) is 7.44. The summed E-state index contributed by atoms with van der Waals surface area (Å²) in [6, 6.07) is 16.7. The summed E-state index contributed by atoms with van der Waals surface area (Å²) in [5.74, 6) is 0.536. The molecule has 0 saturated carbocycles. The zero-order valence-corrected chi connectivity index (χ0v) is 15.4. The highest BCUT2D eigenvalue weighted by Crippen LogP contribution is 2.27. The van der Waals surface area contributed by atoms with E-state index in [1.807, 2.05) is 36.4 Å². The van der Waals surface area contributed by atoms with E-state index in [2.05, 4.69) is 0 Å².